The van der Waals surface area contributed by atoms with Crippen LogP contribution in [-0.4, -0.2) is 26.5 Å². The van der Waals surface area contributed by atoms with Gasteiger partial charge in [0, 0.05) is 17.3 Å². The van der Waals surface area contributed by atoms with Gasteiger partial charge in [-0.2, -0.15) is 0 Å². The minimum Gasteiger partial charge on any atom is -0.385 e. The lowest BCUT2D eigenvalue weighted by Crippen LogP contribution is -2.29. The molecular formula is C15H22ClNO2S. The number of hydrogen-bond donors (Lipinski definition) is 1. The molecule has 20 heavy (non-hydrogen) atoms. The minimum atomic E-state index is -2.83. The summed E-state index contributed by atoms with van der Waals surface area (Å²) in [5, 5.41) is 4.14. The van der Waals surface area contributed by atoms with Gasteiger partial charge < -0.3 is 5.32 Å². The van der Waals surface area contributed by atoms with E-state index in [1.165, 1.54) is 5.56 Å². The summed E-state index contributed by atoms with van der Waals surface area (Å²) in [6.45, 7) is 4.96. The summed E-state index contributed by atoms with van der Waals surface area (Å²) in [4.78, 5) is 0. The van der Waals surface area contributed by atoms with Crippen molar-refractivity contribution in [1.82, 2.24) is 0 Å². The third kappa shape index (κ3) is 4.13. The standard InChI is InChI=1S/C15H22ClNO2S/c1-11(2)14-8-13(16)5-6-15(14)17-9-12-4-3-7-20(18,19)10-12/h5-6,8,11-12,17H,3-4,7,9-10H2,1-2H3. The number of benzene rings is 1. The Morgan fingerprint density at radius 3 is 2.80 bits per heavy atom. The van der Waals surface area contributed by atoms with E-state index < -0.39 is 9.84 Å². The molecule has 1 N–H and O–H groups in total. The normalized spacial score (nSPS) is 21.9. The third-order valence-electron chi connectivity index (χ3n) is 3.77. The van der Waals surface area contributed by atoms with E-state index in [4.69, 9.17) is 11.6 Å². The van der Waals surface area contributed by atoms with Crippen LogP contribution in [0.5, 0.6) is 0 Å². The van der Waals surface area contributed by atoms with Crippen LogP contribution in [0.2, 0.25) is 5.02 Å². The van der Waals surface area contributed by atoms with Crippen molar-refractivity contribution in [3.8, 4) is 0 Å². The lowest BCUT2D eigenvalue weighted by atomic mass is 10.00. The maximum atomic E-state index is 11.6. The molecule has 1 unspecified atom stereocenters. The number of rotatable bonds is 4. The van der Waals surface area contributed by atoms with Crippen LogP contribution in [0, 0.1) is 5.92 Å². The average molecular weight is 316 g/mol. The van der Waals surface area contributed by atoms with Crippen LogP contribution in [0.3, 0.4) is 0 Å². The van der Waals surface area contributed by atoms with Gasteiger partial charge in [0.05, 0.1) is 11.5 Å². The van der Waals surface area contributed by atoms with E-state index in [1.54, 1.807) is 0 Å². The molecule has 0 amide bonds. The van der Waals surface area contributed by atoms with Crippen LogP contribution in [0.4, 0.5) is 5.69 Å². The number of sulfone groups is 1. The first-order chi connectivity index (χ1) is 9.37. The molecule has 1 saturated heterocycles. The van der Waals surface area contributed by atoms with Crippen molar-refractivity contribution in [2.45, 2.75) is 32.6 Å². The maximum absolute atomic E-state index is 11.6. The summed E-state index contributed by atoms with van der Waals surface area (Å²) >= 11 is 6.04. The highest BCUT2D eigenvalue weighted by Gasteiger charge is 2.24. The van der Waals surface area contributed by atoms with Gasteiger partial charge in [-0.3, -0.25) is 0 Å². The van der Waals surface area contributed by atoms with E-state index in [-0.39, 0.29) is 5.92 Å². The molecule has 112 valence electrons. The second-order valence-corrected chi connectivity index (χ2v) is 8.55. The second-order valence-electron chi connectivity index (χ2n) is 5.89. The molecule has 3 nitrogen and oxygen atoms in total. The molecule has 0 spiro atoms. The molecule has 1 heterocycles. The van der Waals surface area contributed by atoms with Gasteiger partial charge in [-0.25, -0.2) is 8.42 Å². The monoisotopic (exact) mass is 315 g/mol. The molecular weight excluding hydrogens is 294 g/mol. The van der Waals surface area contributed by atoms with Crippen molar-refractivity contribution >= 4 is 27.1 Å². The summed E-state index contributed by atoms with van der Waals surface area (Å²) < 4.78 is 23.3. The largest absolute Gasteiger partial charge is 0.385 e. The highest BCUT2D eigenvalue weighted by atomic mass is 35.5. The molecule has 0 aromatic heterocycles. The molecule has 1 aliphatic rings. The van der Waals surface area contributed by atoms with Gasteiger partial charge in [-0.15, -0.1) is 0 Å². The highest BCUT2D eigenvalue weighted by molar-refractivity contribution is 7.91. The zero-order chi connectivity index (χ0) is 14.8. The van der Waals surface area contributed by atoms with E-state index in [9.17, 15) is 8.42 Å². The van der Waals surface area contributed by atoms with Gasteiger partial charge in [-0.05, 0) is 48.4 Å². The fraction of sp³-hybridized carbons (Fsp3) is 0.600. The molecule has 1 fully saturated rings. The molecule has 1 aromatic rings. The van der Waals surface area contributed by atoms with Gasteiger partial charge in [0.15, 0.2) is 9.84 Å². The highest BCUT2D eigenvalue weighted by Crippen LogP contribution is 2.28. The van der Waals surface area contributed by atoms with E-state index in [0.717, 1.165) is 23.6 Å². The minimum absolute atomic E-state index is 0.212. The van der Waals surface area contributed by atoms with Crippen molar-refractivity contribution in [3.63, 3.8) is 0 Å². The molecule has 1 atom stereocenters. The van der Waals surface area contributed by atoms with Gasteiger partial charge in [0.1, 0.15) is 0 Å². The van der Waals surface area contributed by atoms with E-state index >= 15 is 0 Å². The van der Waals surface area contributed by atoms with Crippen LogP contribution in [0.15, 0.2) is 18.2 Å². The first-order valence-corrected chi connectivity index (χ1v) is 9.31. The van der Waals surface area contributed by atoms with Crippen molar-refractivity contribution < 1.29 is 8.42 Å². The Labute approximate surface area is 126 Å². The van der Waals surface area contributed by atoms with Crippen LogP contribution in [-0.2, 0) is 9.84 Å². The molecule has 1 aliphatic heterocycles. The Morgan fingerprint density at radius 1 is 1.40 bits per heavy atom. The van der Waals surface area contributed by atoms with E-state index in [1.807, 2.05) is 18.2 Å². The Morgan fingerprint density at radius 2 is 2.15 bits per heavy atom. The predicted octanol–water partition coefficient (Wildman–Crippen LogP) is 3.70. The van der Waals surface area contributed by atoms with Gasteiger partial charge in [0.25, 0.3) is 0 Å². The van der Waals surface area contributed by atoms with E-state index in [2.05, 4.69) is 19.2 Å². The number of anilines is 1. The van der Waals surface area contributed by atoms with Gasteiger partial charge in [0.2, 0.25) is 0 Å². The van der Waals surface area contributed by atoms with Gasteiger partial charge in [-0.1, -0.05) is 25.4 Å². The first-order valence-electron chi connectivity index (χ1n) is 7.11. The van der Waals surface area contributed by atoms with Crippen molar-refractivity contribution in [3.05, 3.63) is 28.8 Å². The zero-order valence-corrected chi connectivity index (χ0v) is 13.6. The predicted molar refractivity (Wildman–Crippen MR) is 85.4 cm³/mol. The van der Waals surface area contributed by atoms with Crippen molar-refractivity contribution in [2.75, 3.05) is 23.4 Å². The topological polar surface area (TPSA) is 46.2 Å². The number of nitrogens with one attached hydrogen (secondary N) is 1. The van der Waals surface area contributed by atoms with Crippen LogP contribution < -0.4 is 5.32 Å². The van der Waals surface area contributed by atoms with Crippen LogP contribution >= 0.6 is 11.6 Å². The molecule has 0 radical (unpaired) electrons. The third-order valence-corrected chi connectivity index (χ3v) is 5.90. The smallest absolute Gasteiger partial charge is 0.150 e. The fourth-order valence-electron chi connectivity index (χ4n) is 2.71. The molecule has 0 aliphatic carbocycles. The molecule has 2 rings (SSSR count). The van der Waals surface area contributed by atoms with E-state index in [0.29, 0.717) is 24.0 Å². The number of halogens is 1. The Kier molecular flexibility index (Phi) is 4.97. The van der Waals surface area contributed by atoms with Crippen molar-refractivity contribution in [1.29, 1.82) is 0 Å². The molecule has 0 saturated carbocycles. The number of hydrogen-bond acceptors (Lipinski definition) is 3. The Bertz CT molecular complexity index is 569. The summed E-state index contributed by atoms with van der Waals surface area (Å²) in [5.74, 6) is 1.25. The van der Waals surface area contributed by atoms with Crippen molar-refractivity contribution in [2.24, 2.45) is 5.92 Å². The maximum Gasteiger partial charge on any atom is 0.150 e. The Balaban J connectivity index is 2.04. The summed E-state index contributed by atoms with van der Waals surface area (Å²) in [7, 11) is -2.83. The quantitative estimate of drug-likeness (QED) is 0.921. The summed E-state index contributed by atoms with van der Waals surface area (Å²) in [6, 6.07) is 5.83. The molecule has 5 heteroatoms. The fourth-order valence-corrected chi connectivity index (χ4v) is 4.66. The lowest BCUT2D eigenvalue weighted by Gasteiger charge is -2.24. The average Bonchev–Trinajstić information content (AvgIpc) is 2.36. The molecule has 0 bridgehead atoms. The van der Waals surface area contributed by atoms with Crippen LogP contribution in [0.25, 0.3) is 0 Å². The summed E-state index contributed by atoms with van der Waals surface area (Å²) in [5.41, 5.74) is 2.24. The van der Waals surface area contributed by atoms with Crippen LogP contribution in [0.1, 0.15) is 38.2 Å². The Hall–Kier alpha value is -0.740. The second kappa shape index (κ2) is 6.35. The molecule has 1 aromatic carbocycles. The van der Waals surface area contributed by atoms with Gasteiger partial charge >= 0.3 is 0 Å². The first kappa shape index (κ1) is 15.6. The SMILES string of the molecule is CC(C)c1cc(Cl)ccc1NCC1CCCS(=O)(=O)C1. The summed E-state index contributed by atoms with van der Waals surface area (Å²) in [6.07, 6.45) is 1.77. The zero-order valence-electron chi connectivity index (χ0n) is 12.0. The lowest BCUT2D eigenvalue weighted by molar-refractivity contribution is 0.502.